The maximum absolute atomic E-state index is 12.3. The van der Waals surface area contributed by atoms with Gasteiger partial charge in [0.1, 0.15) is 0 Å². The number of hydrogen-bond donors (Lipinski definition) is 2. The summed E-state index contributed by atoms with van der Waals surface area (Å²) in [7, 11) is -3.99. The number of amides is 2. The van der Waals surface area contributed by atoms with Crippen LogP contribution in [0.25, 0.3) is 0 Å². The fourth-order valence-electron chi connectivity index (χ4n) is 2.50. The lowest BCUT2D eigenvalue weighted by Gasteiger charge is -2.20. The van der Waals surface area contributed by atoms with Crippen LogP contribution in [0.15, 0.2) is 40.6 Å². The molecule has 0 saturated carbocycles. The van der Waals surface area contributed by atoms with Crippen LogP contribution in [0.3, 0.4) is 0 Å². The third-order valence-corrected chi connectivity index (χ3v) is 5.98. The standard InChI is InChI=1S/C19H23N3O6S2/c1-3-22(11-17(23)21-10-14-5-4-8-29-14)18(24)12-28-19(25)16-9-15(30(20,26)27)7-6-13(16)2/h4-9H,3,10-12H2,1-2H3,(H,21,23)(H2,20,26,27). The van der Waals surface area contributed by atoms with E-state index >= 15 is 0 Å². The highest BCUT2D eigenvalue weighted by Gasteiger charge is 2.20. The van der Waals surface area contributed by atoms with Crippen molar-refractivity contribution < 1.29 is 27.5 Å². The molecule has 0 aliphatic carbocycles. The highest BCUT2D eigenvalue weighted by atomic mass is 32.2. The van der Waals surface area contributed by atoms with Crippen molar-refractivity contribution in [2.75, 3.05) is 19.7 Å². The molecule has 1 aromatic heterocycles. The molecule has 2 aromatic rings. The van der Waals surface area contributed by atoms with Gasteiger partial charge < -0.3 is 15.0 Å². The topological polar surface area (TPSA) is 136 Å². The van der Waals surface area contributed by atoms with Crippen LogP contribution in [0, 0.1) is 6.92 Å². The number of carbonyl (C=O) groups excluding carboxylic acids is 3. The molecule has 0 bridgehead atoms. The van der Waals surface area contributed by atoms with Crippen LogP contribution in [0.5, 0.6) is 0 Å². The van der Waals surface area contributed by atoms with E-state index in [4.69, 9.17) is 9.88 Å². The van der Waals surface area contributed by atoms with E-state index in [9.17, 15) is 22.8 Å². The average molecular weight is 454 g/mol. The Hall–Kier alpha value is -2.76. The number of hydrogen-bond acceptors (Lipinski definition) is 7. The molecular weight excluding hydrogens is 430 g/mol. The molecule has 9 nitrogen and oxygen atoms in total. The summed E-state index contributed by atoms with van der Waals surface area (Å²) < 4.78 is 28.0. The van der Waals surface area contributed by atoms with Gasteiger partial charge in [-0.2, -0.15) is 0 Å². The number of thiophene rings is 1. The van der Waals surface area contributed by atoms with Crippen LogP contribution in [0.2, 0.25) is 0 Å². The van der Waals surface area contributed by atoms with Gasteiger partial charge in [0, 0.05) is 11.4 Å². The normalized spacial score (nSPS) is 11.0. The minimum atomic E-state index is -3.99. The molecule has 0 atom stereocenters. The average Bonchev–Trinajstić information content (AvgIpc) is 3.21. The molecule has 0 saturated heterocycles. The largest absolute Gasteiger partial charge is 0.452 e. The molecule has 0 fully saturated rings. The number of rotatable bonds is 9. The van der Waals surface area contributed by atoms with Crippen molar-refractivity contribution in [3.05, 3.63) is 51.7 Å². The summed E-state index contributed by atoms with van der Waals surface area (Å²) in [4.78, 5) is 38.7. The number of nitrogens with two attached hydrogens (primary N) is 1. The Morgan fingerprint density at radius 3 is 2.57 bits per heavy atom. The van der Waals surface area contributed by atoms with Gasteiger partial charge in [-0.25, -0.2) is 18.4 Å². The second-order valence-corrected chi connectivity index (χ2v) is 8.96. The summed E-state index contributed by atoms with van der Waals surface area (Å²) in [5.41, 5.74) is 0.464. The monoisotopic (exact) mass is 453 g/mol. The highest BCUT2D eigenvalue weighted by molar-refractivity contribution is 7.89. The predicted molar refractivity (Wildman–Crippen MR) is 111 cm³/mol. The molecule has 2 rings (SSSR count). The van der Waals surface area contributed by atoms with Crippen LogP contribution in [0.4, 0.5) is 0 Å². The number of benzene rings is 1. The van der Waals surface area contributed by atoms with E-state index in [2.05, 4.69) is 5.32 Å². The molecule has 3 N–H and O–H groups in total. The zero-order valence-electron chi connectivity index (χ0n) is 16.6. The molecule has 0 unspecified atom stereocenters. The first kappa shape index (κ1) is 23.5. The Morgan fingerprint density at radius 1 is 1.23 bits per heavy atom. The quantitative estimate of drug-likeness (QED) is 0.544. The fraction of sp³-hybridized carbons (Fsp3) is 0.316. The molecule has 0 aliphatic rings. The van der Waals surface area contributed by atoms with Crippen LogP contribution >= 0.6 is 11.3 Å². The Bertz CT molecular complexity index is 1020. The summed E-state index contributed by atoms with van der Waals surface area (Å²) >= 11 is 1.51. The van der Waals surface area contributed by atoms with Gasteiger partial charge in [0.05, 0.1) is 23.5 Å². The minimum Gasteiger partial charge on any atom is -0.452 e. The van der Waals surface area contributed by atoms with Gasteiger partial charge in [-0.05, 0) is 43.0 Å². The number of ether oxygens (including phenoxy) is 1. The molecule has 2 amide bonds. The van der Waals surface area contributed by atoms with E-state index < -0.39 is 28.5 Å². The van der Waals surface area contributed by atoms with E-state index in [1.807, 2.05) is 17.5 Å². The number of likely N-dealkylation sites (N-methyl/N-ethyl adjacent to an activating group) is 1. The lowest BCUT2D eigenvalue weighted by molar-refractivity contribution is -0.138. The third-order valence-electron chi connectivity index (χ3n) is 4.19. The number of sulfonamides is 1. The SMILES string of the molecule is CCN(CC(=O)NCc1cccs1)C(=O)COC(=O)c1cc(S(N)(=O)=O)ccc1C. The zero-order chi connectivity index (χ0) is 22.3. The van der Waals surface area contributed by atoms with Crippen molar-refractivity contribution in [3.8, 4) is 0 Å². The second kappa shape index (κ2) is 10.3. The van der Waals surface area contributed by atoms with Crippen molar-refractivity contribution in [1.29, 1.82) is 0 Å². The van der Waals surface area contributed by atoms with E-state index in [1.54, 1.807) is 13.8 Å². The van der Waals surface area contributed by atoms with Gasteiger partial charge in [-0.3, -0.25) is 9.59 Å². The van der Waals surface area contributed by atoms with Crippen molar-refractivity contribution >= 4 is 39.1 Å². The van der Waals surface area contributed by atoms with E-state index in [-0.39, 0.29) is 29.5 Å². The Morgan fingerprint density at radius 2 is 1.97 bits per heavy atom. The molecule has 1 aromatic carbocycles. The summed E-state index contributed by atoms with van der Waals surface area (Å²) in [6, 6.07) is 7.57. The van der Waals surface area contributed by atoms with Gasteiger partial charge in [0.25, 0.3) is 5.91 Å². The minimum absolute atomic E-state index is 0.00827. The van der Waals surface area contributed by atoms with Crippen molar-refractivity contribution in [3.63, 3.8) is 0 Å². The van der Waals surface area contributed by atoms with Gasteiger partial charge in [-0.1, -0.05) is 12.1 Å². The number of carbonyl (C=O) groups is 3. The molecular formula is C19H23N3O6S2. The summed E-state index contributed by atoms with van der Waals surface area (Å²) in [6.07, 6.45) is 0. The van der Waals surface area contributed by atoms with Crippen LogP contribution in [0.1, 0.15) is 27.7 Å². The molecule has 30 heavy (non-hydrogen) atoms. The first-order valence-electron chi connectivity index (χ1n) is 8.99. The van der Waals surface area contributed by atoms with Crippen LogP contribution in [-0.4, -0.2) is 50.8 Å². The van der Waals surface area contributed by atoms with Gasteiger partial charge >= 0.3 is 5.97 Å². The molecule has 0 aliphatic heterocycles. The Labute approximate surface area is 178 Å². The van der Waals surface area contributed by atoms with E-state index in [0.717, 1.165) is 10.9 Å². The smallest absolute Gasteiger partial charge is 0.338 e. The number of nitrogens with one attached hydrogen (secondary N) is 1. The number of primary sulfonamides is 1. The summed E-state index contributed by atoms with van der Waals surface area (Å²) in [5, 5.41) is 9.71. The van der Waals surface area contributed by atoms with E-state index in [1.165, 1.54) is 28.4 Å². The molecule has 162 valence electrons. The zero-order valence-corrected chi connectivity index (χ0v) is 18.2. The lowest BCUT2D eigenvalue weighted by atomic mass is 10.1. The highest BCUT2D eigenvalue weighted by Crippen LogP contribution is 2.15. The third kappa shape index (κ3) is 6.65. The summed E-state index contributed by atoms with van der Waals surface area (Å²) in [6.45, 7) is 3.18. The first-order chi connectivity index (χ1) is 14.1. The first-order valence-corrected chi connectivity index (χ1v) is 11.4. The lowest BCUT2D eigenvalue weighted by Crippen LogP contribution is -2.42. The fourth-order valence-corrected chi connectivity index (χ4v) is 3.68. The van der Waals surface area contributed by atoms with Crippen molar-refractivity contribution in [2.45, 2.75) is 25.3 Å². The van der Waals surface area contributed by atoms with Gasteiger partial charge in [-0.15, -0.1) is 11.3 Å². The second-order valence-electron chi connectivity index (χ2n) is 6.36. The predicted octanol–water partition coefficient (Wildman–Crippen LogP) is 1.03. The van der Waals surface area contributed by atoms with Crippen LogP contribution < -0.4 is 10.5 Å². The Balaban J connectivity index is 1.92. The van der Waals surface area contributed by atoms with E-state index in [0.29, 0.717) is 12.1 Å². The molecule has 11 heteroatoms. The van der Waals surface area contributed by atoms with Crippen LogP contribution in [-0.2, 0) is 30.9 Å². The van der Waals surface area contributed by atoms with Gasteiger partial charge in [0.2, 0.25) is 15.9 Å². The number of aryl methyl sites for hydroxylation is 1. The molecule has 1 heterocycles. The molecule has 0 spiro atoms. The number of nitrogens with zero attached hydrogens (tertiary/aromatic N) is 1. The maximum Gasteiger partial charge on any atom is 0.338 e. The number of esters is 1. The van der Waals surface area contributed by atoms with Crippen molar-refractivity contribution in [2.24, 2.45) is 5.14 Å². The van der Waals surface area contributed by atoms with Gasteiger partial charge in [0.15, 0.2) is 6.61 Å². The summed E-state index contributed by atoms with van der Waals surface area (Å²) in [5.74, 6) is -1.73. The Kier molecular flexibility index (Phi) is 8.09. The maximum atomic E-state index is 12.3. The van der Waals surface area contributed by atoms with Crippen molar-refractivity contribution in [1.82, 2.24) is 10.2 Å². The molecule has 0 radical (unpaired) electrons.